The molecule has 1 aromatic rings. The quantitative estimate of drug-likeness (QED) is 0.489. The summed E-state index contributed by atoms with van der Waals surface area (Å²) >= 11 is 0. The highest BCUT2D eigenvalue weighted by Crippen LogP contribution is 2.11. The van der Waals surface area contributed by atoms with E-state index in [4.69, 9.17) is 6.92 Å². The molecule has 2 radical (unpaired) electrons. The fraction of sp³-hybridized carbons (Fsp3) is 0. The van der Waals surface area contributed by atoms with Gasteiger partial charge in [-0.15, -0.1) is 0 Å². The van der Waals surface area contributed by atoms with E-state index in [0.717, 1.165) is 0 Å². The van der Waals surface area contributed by atoms with Gasteiger partial charge in [-0.05, 0) is 11.6 Å². The van der Waals surface area contributed by atoms with Gasteiger partial charge < -0.3 is 0 Å². The lowest BCUT2D eigenvalue weighted by Crippen LogP contribution is -1.89. The Bertz CT molecular complexity index is 205. The molecule has 10 heavy (non-hydrogen) atoms. The van der Waals surface area contributed by atoms with E-state index in [9.17, 15) is 13.2 Å². The van der Waals surface area contributed by atoms with Crippen LogP contribution in [0.5, 0.6) is 0 Å². The van der Waals surface area contributed by atoms with E-state index >= 15 is 0 Å². The molecule has 0 bridgehead atoms. The van der Waals surface area contributed by atoms with Crippen LogP contribution in [0.25, 0.3) is 0 Å². The third-order valence-electron chi connectivity index (χ3n) is 1.04. The number of halogens is 3. The van der Waals surface area contributed by atoms with Crippen LogP contribution in [-0.4, -0.2) is 0 Å². The maximum atomic E-state index is 12.2. The normalized spacial score (nSPS) is 10.0. The van der Waals surface area contributed by atoms with Gasteiger partial charge in [0.25, 0.3) is 0 Å². The summed E-state index contributed by atoms with van der Waals surface area (Å²) in [6, 6.07) is 1.01. The van der Waals surface area contributed by atoms with E-state index in [1.165, 1.54) is 0 Å². The molecule has 1 aromatic carbocycles. The molecule has 0 N–H and O–H groups in total. The van der Waals surface area contributed by atoms with Crippen molar-refractivity contribution in [2.45, 2.75) is 0 Å². The molecule has 0 nitrogen and oxygen atoms in total. The SMILES string of the molecule is [CH]c1cc(F)c(F)cc1F. The molecule has 0 aliphatic carbocycles. The van der Waals surface area contributed by atoms with E-state index in [1.54, 1.807) is 0 Å². The molecule has 0 saturated carbocycles. The van der Waals surface area contributed by atoms with E-state index < -0.39 is 17.5 Å². The fourth-order valence-electron chi connectivity index (χ4n) is 0.538. The van der Waals surface area contributed by atoms with E-state index in [2.05, 4.69) is 0 Å². The summed E-state index contributed by atoms with van der Waals surface area (Å²) in [6.45, 7) is 4.91. The summed E-state index contributed by atoms with van der Waals surface area (Å²) in [4.78, 5) is 0. The molecule has 0 aliphatic rings. The first-order valence-electron chi connectivity index (χ1n) is 2.51. The zero-order valence-corrected chi connectivity index (χ0v) is 4.87. The van der Waals surface area contributed by atoms with Crippen LogP contribution in [0.1, 0.15) is 5.56 Å². The predicted octanol–water partition coefficient (Wildman–Crippen LogP) is 2.16. The third-order valence-corrected chi connectivity index (χ3v) is 1.04. The lowest BCUT2D eigenvalue weighted by molar-refractivity contribution is 0.493. The molecule has 0 saturated heterocycles. The summed E-state index contributed by atoms with van der Waals surface area (Å²) in [5.41, 5.74) is -0.390. The van der Waals surface area contributed by atoms with E-state index in [1.807, 2.05) is 0 Å². The predicted molar refractivity (Wildman–Crippen MR) is 29.7 cm³/mol. The summed E-state index contributed by atoms with van der Waals surface area (Å²) in [5, 5.41) is 0. The average Bonchev–Trinajstić information content (AvgIpc) is 1.84. The first-order valence-corrected chi connectivity index (χ1v) is 2.51. The highest BCUT2D eigenvalue weighted by molar-refractivity contribution is 5.21. The van der Waals surface area contributed by atoms with Crippen LogP contribution in [0, 0.1) is 24.4 Å². The molecule has 0 unspecified atom stereocenters. The first-order chi connectivity index (χ1) is 4.61. The van der Waals surface area contributed by atoms with Crippen LogP contribution in [0.4, 0.5) is 13.2 Å². The highest BCUT2D eigenvalue weighted by Gasteiger charge is 2.05. The minimum absolute atomic E-state index is 0.390. The van der Waals surface area contributed by atoms with Crippen molar-refractivity contribution in [1.82, 2.24) is 0 Å². The van der Waals surface area contributed by atoms with Gasteiger partial charge in [0.2, 0.25) is 0 Å². The van der Waals surface area contributed by atoms with Gasteiger partial charge in [-0.1, -0.05) is 0 Å². The highest BCUT2D eigenvalue weighted by atomic mass is 19.2. The Morgan fingerprint density at radius 1 is 0.900 bits per heavy atom. The number of hydrogen-bond donors (Lipinski definition) is 0. The van der Waals surface area contributed by atoms with Crippen molar-refractivity contribution in [2.75, 3.05) is 0 Å². The van der Waals surface area contributed by atoms with Crippen LogP contribution >= 0.6 is 0 Å². The molecule has 0 atom stereocenters. The molecule has 0 spiro atoms. The molecular formula is C7H3F3. The Balaban J connectivity index is 3.28. The zero-order valence-electron chi connectivity index (χ0n) is 4.87. The number of benzene rings is 1. The second-order valence-corrected chi connectivity index (χ2v) is 1.79. The summed E-state index contributed by atoms with van der Waals surface area (Å²) in [6.07, 6.45) is 0. The van der Waals surface area contributed by atoms with Crippen molar-refractivity contribution in [2.24, 2.45) is 0 Å². The van der Waals surface area contributed by atoms with Gasteiger partial charge in [0.05, 0.1) is 0 Å². The standard InChI is InChI=1S/C7H3F3/c1-4-2-6(9)7(10)3-5(4)8/h1-3H. The Hall–Kier alpha value is -0.990. The number of hydrogen-bond acceptors (Lipinski definition) is 0. The van der Waals surface area contributed by atoms with Crippen molar-refractivity contribution in [3.63, 3.8) is 0 Å². The molecule has 3 heteroatoms. The molecule has 0 aliphatic heterocycles. The first kappa shape index (κ1) is 7.12. The summed E-state index contributed by atoms with van der Waals surface area (Å²) < 4.78 is 36.5. The molecular weight excluding hydrogens is 141 g/mol. The van der Waals surface area contributed by atoms with Crippen LogP contribution < -0.4 is 0 Å². The van der Waals surface area contributed by atoms with Crippen LogP contribution in [0.2, 0.25) is 0 Å². The van der Waals surface area contributed by atoms with Crippen molar-refractivity contribution >= 4 is 0 Å². The number of rotatable bonds is 0. The fourth-order valence-corrected chi connectivity index (χ4v) is 0.538. The van der Waals surface area contributed by atoms with Gasteiger partial charge in [-0.3, -0.25) is 0 Å². The van der Waals surface area contributed by atoms with Crippen molar-refractivity contribution in [3.05, 3.63) is 42.1 Å². The molecule has 52 valence electrons. The van der Waals surface area contributed by atoms with Crippen molar-refractivity contribution in [1.29, 1.82) is 0 Å². The summed E-state index contributed by atoms with van der Waals surface area (Å²) in [5.74, 6) is -3.32. The van der Waals surface area contributed by atoms with Gasteiger partial charge >= 0.3 is 0 Å². The largest absolute Gasteiger partial charge is 0.207 e. The molecule has 1 rings (SSSR count). The van der Waals surface area contributed by atoms with Crippen LogP contribution in [-0.2, 0) is 0 Å². The Labute approximate surface area is 56.3 Å². The maximum absolute atomic E-state index is 12.2. The Morgan fingerprint density at radius 2 is 1.40 bits per heavy atom. The van der Waals surface area contributed by atoms with E-state index in [0.29, 0.717) is 12.1 Å². The van der Waals surface area contributed by atoms with Crippen LogP contribution in [0.15, 0.2) is 12.1 Å². The minimum Gasteiger partial charge on any atom is -0.207 e. The molecule has 0 aromatic heterocycles. The molecule has 0 fully saturated rings. The van der Waals surface area contributed by atoms with E-state index in [-0.39, 0.29) is 5.56 Å². The van der Waals surface area contributed by atoms with Gasteiger partial charge in [0.1, 0.15) is 5.82 Å². The van der Waals surface area contributed by atoms with Crippen molar-refractivity contribution in [3.8, 4) is 0 Å². The zero-order chi connectivity index (χ0) is 7.72. The lowest BCUT2D eigenvalue weighted by Gasteiger charge is -1.95. The second-order valence-electron chi connectivity index (χ2n) is 1.79. The van der Waals surface area contributed by atoms with Gasteiger partial charge in [-0.2, -0.15) is 0 Å². The second kappa shape index (κ2) is 2.33. The average molecular weight is 144 g/mol. The maximum Gasteiger partial charge on any atom is 0.161 e. The Morgan fingerprint density at radius 3 is 1.90 bits per heavy atom. The topological polar surface area (TPSA) is 0 Å². The molecule has 0 heterocycles. The molecule has 0 amide bonds. The minimum atomic E-state index is -1.23. The Kier molecular flexibility index (Phi) is 1.66. The monoisotopic (exact) mass is 144 g/mol. The van der Waals surface area contributed by atoms with Crippen LogP contribution in [0.3, 0.4) is 0 Å². The van der Waals surface area contributed by atoms with Gasteiger partial charge in [-0.25, -0.2) is 13.2 Å². The smallest absolute Gasteiger partial charge is 0.161 e. The summed E-state index contributed by atoms with van der Waals surface area (Å²) in [7, 11) is 0. The van der Waals surface area contributed by atoms with Gasteiger partial charge in [0, 0.05) is 13.0 Å². The van der Waals surface area contributed by atoms with Crippen molar-refractivity contribution < 1.29 is 13.2 Å². The van der Waals surface area contributed by atoms with Gasteiger partial charge in [0.15, 0.2) is 11.6 Å². The lowest BCUT2D eigenvalue weighted by atomic mass is 10.2. The third kappa shape index (κ3) is 1.12.